The quantitative estimate of drug-likeness (QED) is 0.340. The van der Waals surface area contributed by atoms with E-state index in [4.69, 9.17) is 4.74 Å². The van der Waals surface area contributed by atoms with Crippen molar-refractivity contribution in [3.05, 3.63) is 29.6 Å². The van der Waals surface area contributed by atoms with E-state index in [0.29, 0.717) is 16.3 Å². The second kappa shape index (κ2) is 6.93. The molecular formula is C12H13N3O5S. The van der Waals surface area contributed by atoms with Gasteiger partial charge in [0.2, 0.25) is 0 Å². The van der Waals surface area contributed by atoms with Crippen LogP contribution in [0.15, 0.2) is 29.4 Å². The molecule has 1 aliphatic rings. The Morgan fingerprint density at radius 2 is 2.29 bits per heavy atom. The lowest BCUT2D eigenvalue weighted by atomic mass is 10.5. The molecule has 1 aromatic rings. The third-order valence-corrected chi connectivity index (χ3v) is 3.63. The van der Waals surface area contributed by atoms with Crippen LogP contribution in [0.3, 0.4) is 0 Å². The Labute approximate surface area is 124 Å². The maximum Gasteiger partial charge on any atom is 0.324 e. The Morgan fingerprint density at radius 3 is 2.95 bits per heavy atom. The van der Waals surface area contributed by atoms with Gasteiger partial charge in [0.25, 0.3) is 10.9 Å². The van der Waals surface area contributed by atoms with E-state index in [1.807, 2.05) is 0 Å². The average molecular weight is 311 g/mol. The highest BCUT2D eigenvalue weighted by molar-refractivity contribution is 7.99. The predicted octanol–water partition coefficient (Wildman–Crippen LogP) is -0.493. The third-order valence-electron chi connectivity index (χ3n) is 2.64. The fourth-order valence-electron chi connectivity index (χ4n) is 1.63. The number of carbonyl (C=O) groups is 3. The van der Waals surface area contributed by atoms with E-state index < -0.39 is 24.5 Å². The lowest BCUT2D eigenvalue weighted by Crippen LogP contribution is -2.37. The highest BCUT2D eigenvalue weighted by Crippen LogP contribution is 2.12. The van der Waals surface area contributed by atoms with Crippen molar-refractivity contribution in [1.82, 2.24) is 10.2 Å². The van der Waals surface area contributed by atoms with Crippen LogP contribution in [0, 0.1) is 5.21 Å². The highest BCUT2D eigenvalue weighted by Gasteiger charge is 2.26. The smallest absolute Gasteiger partial charge is 0.324 e. The van der Waals surface area contributed by atoms with Crippen molar-refractivity contribution >= 4 is 29.7 Å². The summed E-state index contributed by atoms with van der Waals surface area (Å²) in [6.07, 6.45) is 1.32. The minimum atomic E-state index is -0.628. The highest BCUT2D eigenvalue weighted by atomic mass is 32.2. The standard InChI is InChI=1S/C12H13N3O5S/c16-9(14-6-4-13-12(14)18)7-20-11(17)8-21-10-3-1-2-5-15(10)19/h1-3,5H,4,6-8H2,(H,13,18). The van der Waals surface area contributed by atoms with Crippen LogP contribution in [0.2, 0.25) is 0 Å². The lowest BCUT2D eigenvalue weighted by Gasteiger charge is -2.11. The molecule has 1 fully saturated rings. The van der Waals surface area contributed by atoms with Crippen molar-refractivity contribution in [3.8, 4) is 0 Å². The number of ether oxygens (including phenoxy) is 1. The van der Waals surface area contributed by atoms with Gasteiger partial charge in [-0.15, -0.1) is 0 Å². The molecular weight excluding hydrogens is 298 g/mol. The number of aromatic nitrogens is 1. The molecule has 1 aliphatic heterocycles. The van der Waals surface area contributed by atoms with Crippen molar-refractivity contribution in [1.29, 1.82) is 0 Å². The first-order chi connectivity index (χ1) is 10.1. The zero-order valence-corrected chi connectivity index (χ0v) is 11.8. The van der Waals surface area contributed by atoms with Gasteiger partial charge >= 0.3 is 12.0 Å². The number of nitrogens with zero attached hydrogens (tertiary/aromatic N) is 2. The van der Waals surface area contributed by atoms with Crippen LogP contribution in [0.5, 0.6) is 0 Å². The fraction of sp³-hybridized carbons (Fsp3) is 0.333. The molecule has 2 rings (SSSR count). The van der Waals surface area contributed by atoms with E-state index in [1.54, 1.807) is 18.2 Å². The Balaban J connectivity index is 1.74. The molecule has 0 aromatic carbocycles. The summed E-state index contributed by atoms with van der Waals surface area (Å²) in [4.78, 5) is 35.3. The number of carbonyl (C=O) groups excluding carboxylic acids is 3. The molecule has 0 radical (unpaired) electrons. The van der Waals surface area contributed by atoms with Gasteiger partial charge in [0, 0.05) is 25.2 Å². The number of imide groups is 1. The first-order valence-corrected chi connectivity index (χ1v) is 7.11. The molecule has 1 saturated heterocycles. The summed E-state index contributed by atoms with van der Waals surface area (Å²) in [5.41, 5.74) is 0. The topological polar surface area (TPSA) is 103 Å². The zero-order chi connectivity index (χ0) is 15.2. The number of nitrogens with one attached hydrogen (secondary N) is 1. The Bertz CT molecular complexity index is 566. The van der Waals surface area contributed by atoms with Crippen LogP contribution in [-0.4, -0.2) is 48.3 Å². The predicted molar refractivity (Wildman–Crippen MR) is 72.2 cm³/mol. The molecule has 8 nitrogen and oxygen atoms in total. The number of thioether (sulfide) groups is 1. The summed E-state index contributed by atoms with van der Waals surface area (Å²) in [6.45, 7) is 0.176. The monoisotopic (exact) mass is 311 g/mol. The number of hydrogen-bond donors (Lipinski definition) is 1. The molecule has 0 saturated carbocycles. The van der Waals surface area contributed by atoms with Gasteiger partial charge in [0.15, 0.2) is 12.8 Å². The maximum absolute atomic E-state index is 11.6. The van der Waals surface area contributed by atoms with Crippen molar-refractivity contribution < 1.29 is 23.9 Å². The number of amides is 3. The van der Waals surface area contributed by atoms with E-state index in [2.05, 4.69) is 5.32 Å². The zero-order valence-electron chi connectivity index (χ0n) is 11.0. The van der Waals surface area contributed by atoms with Crippen LogP contribution in [-0.2, 0) is 14.3 Å². The van der Waals surface area contributed by atoms with E-state index >= 15 is 0 Å². The SMILES string of the molecule is O=C(CSc1cccc[n+]1[O-])OCC(=O)N1CCNC1=O. The molecule has 112 valence electrons. The van der Waals surface area contributed by atoms with Crippen molar-refractivity contribution in [2.45, 2.75) is 5.03 Å². The summed E-state index contributed by atoms with van der Waals surface area (Å²) < 4.78 is 5.42. The van der Waals surface area contributed by atoms with E-state index in [0.717, 1.165) is 16.7 Å². The molecule has 21 heavy (non-hydrogen) atoms. The molecule has 0 atom stereocenters. The van der Waals surface area contributed by atoms with Gasteiger partial charge in [-0.2, -0.15) is 4.73 Å². The van der Waals surface area contributed by atoms with Gasteiger partial charge in [-0.05, 0) is 17.8 Å². The minimum Gasteiger partial charge on any atom is -0.618 e. The molecule has 0 spiro atoms. The van der Waals surface area contributed by atoms with Gasteiger partial charge in [-0.1, -0.05) is 0 Å². The van der Waals surface area contributed by atoms with Gasteiger partial charge in [-0.25, -0.2) is 4.79 Å². The van der Waals surface area contributed by atoms with Gasteiger partial charge in [0.1, 0.15) is 5.75 Å². The van der Waals surface area contributed by atoms with Crippen molar-refractivity contribution in [3.63, 3.8) is 0 Å². The molecule has 3 amide bonds. The molecule has 9 heteroatoms. The lowest BCUT2D eigenvalue weighted by molar-refractivity contribution is -0.645. The molecule has 0 bridgehead atoms. The third kappa shape index (κ3) is 4.09. The Kier molecular flexibility index (Phi) is 4.99. The van der Waals surface area contributed by atoms with Gasteiger partial charge < -0.3 is 15.3 Å². The maximum atomic E-state index is 11.6. The number of urea groups is 1. The molecule has 1 N–H and O–H groups in total. The summed E-state index contributed by atoms with van der Waals surface area (Å²) in [5, 5.41) is 14.2. The Morgan fingerprint density at radius 1 is 1.48 bits per heavy atom. The summed E-state index contributed by atoms with van der Waals surface area (Å²) >= 11 is 1.01. The molecule has 1 aromatic heterocycles. The van der Waals surface area contributed by atoms with E-state index in [-0.39, 0.29) is 12.3 Å². The normalized spacial score (nSPS) is 13.9. The van der Waals surface area contributed by atoms with Crippen LogP contribution >= 0.6 is 11.8 Å². The average Bonchev–Trinajstić information content (AvgIpc) is 2.90. The molecule has 0 aliphatic carbocycles. The number of esters is 1. The van der Waals surface area contributed by atoms with Gasteiger partial charge in [-0.3, -0.25) is 14.5 Å². The first-order valence-electron chi connectivity index (χ1n) is 6.13. The van der Waals surface area contributed by atoms with Crippen molar-refractivity contribution in [2.75, 3.05) is 25.4 Å². The van der Waals surface area contributed by atoms with Crippen LogP contribution in [0.25, 0.3) is 0 Å². The number of rotatable bonds is 5. The van der Waals surface area contributed by atoms with E-state index in [9.17, 15) is 19.6 Å². The van der Waals surface area contributed by atoms with Crippen LogP contribution in [0.4, 0.5) is 4.79 Å². The largest absolute Gasteiger partial charge is 0.618 e. The van der Waals surface area contributed by atoms with Crippen molar-refractivity contribution in [2.24, 2.45) is 0 Å². The second-order valence-electron chi connectivity index (χ2n) is 4.09. The Hall–Kier alpha value is -2.29. The summed E-state index contributed by atoms with van der Waals surface area (Å²) in [5.74, 6) is -1.29. The van der Waals surface area contributed by atoms with E-state index in [1.165, 1.54) is 6.20 Å². The molecule has 2 heterocycles. The molecule has 0 unspecified atom stereocenters. The second-order valence-corrected chi connectivity index (χ2v) is 5.09. The number of pyridine rings is 1. The minimum absolute atomic E-state index is 0.0915. The first kappa shape index (κ1) is 15.1. The summed E-state index contributed by atoms with van der Waals surface area (Å²) in [6, 6.07) is 4.35. The fourth-order valence-corrected chi connectivity index (χ4v) is 2.34. The summed E-state index contributed by atoms with van der Waals surface area (Å²) in [7, 11) is 0. The van der Waals surface area contributed by atoms with Crippen LogP contribution < -0.4 is 10.0 Å². The van der Waals surface area contributed by atoms with Gasteiger partial charge in [0.05, 0.1) is 0 Å². The number of hydrogen-bond acceptors (Lipinski definition) is 6. The van der Waals surface area contributed by atoms with Crippen LogP contribution in [0.1, 0.15) is 0 Å².